The average Bonchev–Trinajstić information content (AvgIpc) is 2.73. The number of benzene rings is 1. The second-order valence-corrected chi connectivity index (χ2v) is 3.60. The van der Waals surface area contributed by atoms with E-state index in [1.165, 1.54) is 0 Å². The quantitative estimate of drug-likeness (QED) is 0.453. The van der Waals surface area contributed by atoms with Gasteiger partial charge in [-0.2, -0.15) is 5.10 Å². The number of fused-ring (bicyclic) bond motifs is 1. The van der Waals surface area contributed by atoms with Gasteiger partial charge in [-0.15, -0.1) is 0 Å². The Kier molecular flexibility index (Phi) is 3.16. The van der Waals surface area contributed by atoms with E-state index in [1.54, 1.807) is 0 Å². The number of nitrogens with zero attached hydrogens (tertiary/aromatic N) is 2. The maximum atomic E-state index is 10.9. The van der Waals surface area contributed by atoms with Gasteiger partial charge >= 0.3 is 0 Å². The maximum absolute atomic E-state index is 10.9. The molecule has 1 amide bonds. The largest absolute Gasteiger partial charge is 0.294 e. The van der Waals surface area contributed by atoms with Crippen LogP contribution in [0.5, 0.6) is 0 Å². The van der Waals surface area contributed by atoms with Gasteiger partial charge in [0.05, 0.1) is 11.7 Å². The number of amides is 1. The number of rotatable bonds is 4. The second kappa shape index (κ2) is 4.76. The molecule has 0 bridgehead atoms. The van der Waals surface area contributed by atoms with E-state index < -0.39 is 0 Å². The maximum Gasteiger partial charge on any atom is 0.233 e. The zero-order valence-corrected chi connectivity index (χ0v) is 8.89. The summed E-state index contributed by atoms with van der Waals surface area (Å²) in [5, 5.41) is 5.39. The van der Waals surface area contributed by atoms with Crippen molar-refractivity contribution >= 4 is 16.8 Å². The summed E-state index contributed by atoms with van der Waals surface area (Å²) in [6.45, 7) is 0.723. The molecule has 5 heteroatoms. The van der Waals surface area contributed by atoms with Crippen LogP contribution in [0.25, 0.3) is 10.9 Å². The van der Waals surface area contributed by atoms with Crippen LogP contribution in [0.4, 0.5) is 0 Å². The molecule has 84 valence electrons. The van der Waals surface area contributed by atoms with Crippen LogP contribution in [0.3, 0.4) is 0 Å². The minimum Gasteiger partial charge on any atom is -0.294 e. The summed E-state index contributed by atoms with van der Waals surface area (Å²) in [5.41, 5.74) is 3.21. The fourth-order valence-electron chi connectivity index (χ4n) is 1.67. The van der Waals surface area contributed by atoms with E-state index in [1.807, 2.05) is 35.1 Å². The monoisotopic (exact) mass is 218 g/mol. The lowest BCUT2D eigenvalue weighted by atomic mass is 10.2. The average molecular weight is 218 g/mol. The SMILES string of the molecule is NNC(=O)CCCn1ncc2ccccc21. The van der Waals surface area contributed by atoms with Crippen molar-refractivity contribution in [2.75, 3.05) is 0 Å². The lowest BCUT2D eigenvalue weighted by molar-refractivity contribution is -0.121. The van der Waals surface area contributed by atoms with E-state index in [2.05, 4.69) is 10.5 Å². The first-order chi connectivity index (χ1) is 7.81. The Balaban J connectivity index is 2.02. The molecule has 16 heavy (non-hydrogen) atoms. The van der Waals surface area contributed by atoms with Gasteiger partial charge in [0.2, 0.25) is 5.91 Å². The minimum atomic E-state index is -0.142. The molecule has 0 saturated heterocycles. The molecule has 0 radical (unpaired) electrons. The molecule has 0 unspecified atom stereocenters. The number of nitrogens with two attached hydrogens (primary N) is 1. The molecular weight excluding hydrogens is 204 g/mol. The molecule has 0 fully saturated rings. The molecule has 0 aliphatic rings. The van der Waals surface area contributed by atoms with Crippen molar-refractivity contribution in [1.82, 2.24) is 15.2 Å². The Morgan fingerprint density at radius 3 is 3.06 bits per heavy atom. The highest BCUT2D eigenvalue weighted by Gasteiger charge is 2.02. The molecule has 0 aliphatic heterocycles. The molecule has 1 aromatic heterocycles. The Bertz CT molecular complexity index is 491. The Morgan fingerprint density at radius 2 is 2.25 bits per heavy atom. The number of hydrogen-bond acceptors (Lipinski definition) is 3. The van der Waals surface area contributed by atoms with Crippen molar-refractivity contribution in [3.63, 3.8) is 0 Å². The molecule has 2 rings (SSSR count). The number of hydrazine groups is 1. The van der Waals surface area contributed by atoms with E-state index in [4.69, 9.17) is 5.84 Å². The van der Waals surface area contributed by atoms with Crippen LogP contribution in [-0.2, 0) is 11.3 Å². The highest BCUT2D eigenvalue weighted by molar-refractivity contribution is 5.78. The van der Waals surface area contributed by atoms with Crippen LogP contribution in [0.15, 0.2) is 30.5 Å². The smallest absolute Gasteiger partial charge is 0.233 e. The van der Waals surface area contributed by atoms with Crippen molar-refractivity contribution < 1.29 is 4.79 Å². The number of carbonyl (C=O) groups excluding carboxylic acids is 1. The number of nitrogens with one attached hydrogen (secondary N) is 1. The molecule has 0 spiro atoms. The molecule has 0 saturated carbocycles. The standard InChI is InChI=1S/C11H14N4O/c12-14-11(16)6-3-7-15-10-5-2-1-4-9(10)8-13-15/h1-2,4-5,8H,3,6-7,12H2,(H,14,16). The van der Waals surface area contributed by atoms with Gasteiger partial charge in [0.25, 0.3) is 0 Å². The molecule has 3 N–H and O–H groups in total. The molecule has 5 nitrogen and oxygen atoms in total. The van der Waals surface area contributed by atoms with Crippen molar-refractivity contribution in [2.45, 2.75) is 19.4 Å². The number of hydrogen-bond donors (Lipinski definition) is 2. The van der Waals surface area contributed by atoms with Gasteiger partial charge in [0.1, 0.15) is 0 Å². The zero-order valence-electron chi connectivity index (χ0n) is 8.89. The predicted molar refractivity (Wildman–Crippen MR) is 61.3 cm³/mol. The van der Waals surface area contributed by atoms with Gasteiger partial charge in [0.15, 0.2) is 0 Å². The lowest BCUT2D eigenvalue weighted by Crippen LogP contribution is -2.29. The summed E-state index contributed by atoms with van der Waals surface area (Å²) in [7, 11) is 0. The molecule has 1 aromatic carbocycles. The van der Waals surface area contributed by atoms with E-state index >= 15 is 0 Å². The highest BCUT2D eigenvalue weighted by atomic mass is 16.2. The van der Waals surface area contributed by atoms with E-state index in [0.717, 1.165) is 23.9 Å². The van der Waals surface area contributed by atoms with Gasteiger partial charge in [-0.3, -0.25) is 14.9 Å². The number of para-hydroxylation sites is 1. The first-order valence-corrected chi connectivity index (χ1v) is 5.21. The Morgan fingerprint density at radius 1 is 1.44 bits per heavy atom. The van der Waals surface area contributed by atoms with E-state index in [-0.39, 0.29) is 5.91 Å². The van der Waals surface area contributed by atoms with Crippen LogP contribution in [0.1, 0.15) is 12.8 Å². The first-order valence-electron chi connectivity index (χ1n) is 5.21. The molecular formula is C11H14N4O. The van der Waals surface area contributed by atoms with Crippen molar-refractivity contribution in [3.05, 3.63) is 30.5 Å². The van der Waals surface area contributed by atoms with Gasteiger partial charge in [0, 0.05) is 18.4 Å². The lowest BCUT2D eigenvalue weighted by Gasteiger charge is -2.02. The van der Waals surface area contributed by atoms with Gasteiger partial charge < -0.3 is 0 Å². The summed E-state index contributed by atoms with van der Waals surface area (Å²) in [6, 6.07) is 8.00. The molecule has 1 heterocycles. The van der Waals surface area contributed by atoms with Crippen LogP contribution in [0.2, 0.25) is 0 Å². The molecule has 0 atom stereocenters. The van der Waals surface area contributed by atoms with Gasteiger partial charge in [-0.1, -0.05) is 18.2 Å². The van der Waals surface area contributed by atoms with Crippen LogP contribution >= 0.6 is 0 Å². The normalized spacial score (nSPS) is 10.6. The number of carbonyl (C=O) groups is 1. The van der Waals surface area contributed by atoms with E-state index in [0.29, 0.717) is 6.42 Å². The predicted octanol–water partition coefficient (Wildman–Crippen LogP) is 0.806. The van der Waals surface area contributed by atoms with Crippen LogP contribution in [0, 0.1) is 0 Å². The minimum absolute atomic E-state index is 0.142. The summed E-state index contributed by atoms with van der Waals surface area (Å²) in [6.07, 6.45) is 2.98. The van der Waals surface area contributed by atoms with Gasteiger partial charge in [-0.25, -0.2) is 5.84 Å². The summed E-state index contributed by atoms with van der Waals surface area (Å²) in [5.74, 6) is 4.86. The Hall–Kier alpha value is -1.88. The van der Waals surface area contributed by atoms with E-state index in [9.17, 15) is 4.79 Å². The van der Waals surface area contributed by atoms with Crippen LogP contribution in [-0.4, -0.2) is 15.7 Å². The summed E-state index contributed by atoms with van der Waals surface area (Å²) in [4.78, 5) is 10.9. The van der Waals surface area contributed by atoms with Crippen molar-refractivity contribution in [1.29, 1.82) is 0 Å². The van der Waals surface area contributed by atoms with Crippen LogP contribution < -0.4 is 11.3 Å². The third-order valence-corrected chi connectivity index (χ3v) is 2.49. The summed E-state index contributed by atoms with van der Waals surface area (Å²) >= 11 is 0. The zero-order chi connectivity index (χ0) is 11.4. The first kappa shape index (κ1) is 10.6. The van der Waals surface area contributed by atoms with Crippen molar-refractivity contribution in [3.8, 4) is 0 Å². The Labute approximate surface area is 93.2 Å². The van der Waals surface area contributed by atoms with Gasteiger partial charge in [-0.05, 0) is 12.5 Å². The molecule has 2 aromatic rings. The third kappa shape index (κ3) is 2.20. The van der Waals surface area contributed by atoms with Crippen molar-refractivity contribution in [2.24, 2.45) is 5.84 Å². The number of aryl methyl sites for hydroxylation is 1. The third-order valence-electron chi connectivity index (χ3n) is 2.49. The molecule has 0 aliphatic carbocycles. The topological polar surface area (TPSA) is 72.9 Å². The highest BCUT2D eigenvalue weighted by Crippen LogP contribution is 2.13. The summed E-state index contributed by atoms with van der Waals surface area (Å²) < 4.78 is 1.90. The number of aromatic nitrogens is 2. The second-order valence-electron chi connectivity index (χ2n) is 3.60. The fraction of sp³-hybridized carbons (Fsp3) is 0.273. The fourth-order valence-corrected chi connectivity index (χ4v) is 1.67.